The van der Waals surface area contributed by atoms with Crippen molar-refractivity contribution in [2.75, 3.05) is 11.5 Å². The molecule has 0 heterocycles. The average molecular weight is 160 g/mol. The number of rotatable bonds is 3. The van der Waals surface area contributed by atoms with Gasteiger partial charge in [0, 0.05) is 0 Å². The molecule has 0 radical (unpaired) electrons. The normalized spacial score (nSPS) is 9.73. The molecule has 1 rings (SSSR count). The first-order chi connectivity index (χ1) is 5.36. The molecule has 0 spiro atoms. The van der Waals surface area contributed by atoms with Crippen LogP contribution in [-0.2, 0) is 0 Å². The molecule has 0 N–H and O–H groups in total. The summed E-state index contributed by atoms with van der Waals surface area (Å²) in [6.07, 6.45) is 0. The van der Waals surface area contributed by atoms with Crippen molar-refractivity contribution in [3.8, 4) is 5.75 Å². The van der Waals surface area contributed by atoms with Gasteiger partial charge in [-0.05, 0) is 0 Å². The van der Waals surface area contributed by atoms with Crippen LogP contribution in [0.5, 0.6) is 5.75 Å². The molecular formula is C8H9LiOS. The van der Waals surface area contributed by atoms with Gasteiger partial charge in [-0.15, -0.1) is 0 Å². The van der Waals surface area contributed by atoms with Gasteiger partial charge in [-0.2, -0.15) is 0 Å². The quantitative estimate of drug-likeness (QED) is 0.493. The van der Waals surface area contributed by atoms with Crippen molar-refractivity contribution in [1.29, 1.82) is 0 Å². The molecule has 3 heteroatoms. The minimum atomic E-state index is 0.922. The molecule has 54 valence electrons. The zero-order valence-corrected chi connectivity index (χ0v) is 7.65. The molecule has 0 aromatic heterocycles. The van der Waals surface area contributed by atoms with E-state index in [2.05, 4.69) is 29.8 Å². The van der Waals surface area contributed by atoms with Crippen LogP contribution in [0.3, 0.4) is 0 Å². The van der Waals surface area contributed by atoms with Crippen LogP contribution in [0.2, 0.25) is 0 Å². The van der Waals surface area contributed by atoms with Crippen molar-refractivity contribution in [2.24, 2.45) is 0 Å². The standard InChI is InChI=1S/C8H9OS.Li/c1-9-7-3-5-8(10-2)6-4-7;/h3-6H,2H2,1H3;. The Hall–Kier alpha value is -0.0326. The van der Waals surface area contributed by atoms with Gasteiger partial charge in [0.25, 0.3) is 0 Å². The van der Waals surface area contributed by atoms with Crippen LogP contribution in [0.15, 0.2) is 29.2 Å². The van der Waals surface area contributed by atoms with E-state index in [0.29, 0.717) is 0 Å². The molecule has 11 heavy (non-hydrogen) atoms. The minimum absolute atomic E-state index is 0.922. The Balaban J connectivity index is 2.66. The molecule has 0 amide bonds. The third-order valence-electron chi connectivity index (χ3n) is 1.37. The molecule has 0 saturated carbocycles. The summed E-state index contributed by atoms with van der Waals surface area (Å²) >= 11 is 3.99. The van der Waals surface area contributed by atoms with Gasteiger partial charge in [-0.25, -0.2) is 0 Å². The molecule has 0 fully saturated rings. The van der Waals surface area contributed by atoms with Gasteiger partial charge >= 0.3 is 80.7 Å². The van der Waals surface area contributed by atoms with E-state index in [9.17, 15) is 0 Å². The Morgan fingerprint density at radius 2 is 2.00 bits per heavy atom. The number of hydrogen-bond acceptors (Lipinski definition) is 2. The molecular weight excluding hydrogens is 151 g/mol. The summed E-state index contributed by atoms with van der Waals surface area (Å²) in [5, 5.41) is 0. The van der Waals surface area contributed by atoms with Gasteiger partial charge < -0.3 is 0 Å². The SMILES string of the molecule is [Li][CH2]Sc1ccc(OC)cc1. The van der Waals surface area contributed by atoms with E-state index in [4.69, 9.17) is 4.74 Å². The van der Waals surface area contributed by atoms with Crippen LogP contribution in [0.1, 0.15) is 0 Å². The predicted octanol–water partition coefficient (Wildman–Crippen LogP) is 1.91. The fraction of sp³-hybridized carbons (Fsp3) is 0.250. The van der Waals surface area contributed by atoms with Gasteiger partial charge in [0.2, 0.25) is 0 Å². The number of methoxy groups -OCH3 is 1. The summed E-state index contributed by atoms with van der Waals surface area (Å²) < 4.78 is 6.16. The monoisotopic (exact) mass is 160 g/mol. The molecule has 0 atom stereocenters. The van der Waals surface area contributed by atoms with E-state index >= 15 is 0 Å². The Morgan fingerprint density at radius 1 is 1.36 bits per heavy atom. The summed E-state index contributed by atoms with van der Waals surface area (Å²) in [7, 11) is 1.68. The van der Waals surface area contributed by atoms with Crippen molar-refractivity contribution in [3.63, 3.8) is 0 Å². The maximum atomic E-state index is 5.04. The van der Waals surface area contributed by atoms with Crippen molar-refractivity contribution < 1.29 is 4.74 Å². The summed E-state index contributed by atoms with van der Waals surface area (Å²) in [6, 6.07) is 8.12. The van der Waals surface area contributed by atoms with Crippen molar-refractivity contribution >= 4 is 29.5 Å². The van der Waals surface area contributed by atoms with Gasteiger partial charge in [0.05, 0.1) is 0 Å². The fourth-order valence-electron chi connectivity index (χ4n) is 0.839. The van der Waals surface area contributed by atoms with Crippen molar-refractivity contribution in [3.05, 3.63) is 24.3 Å². The molecule has 1 aromatic rings. The molecule has 0 aliphatic rings. The average Bonchev–Trinajstić information content (AvgIpc) is 2.07. The van der Waals surface area contributed by atoms with Gasteiger partial charge in [0.15, 0.2) is 0 Å². The summed E-state index contributed by atoms with van der Waals surface area (Å²) in [6.45, 7) is 0. The first kappa shape index (κ1) is 9.06. The third kappa shape index (κ3) is 2.82. The molecule has 0 unspecified atom stereocenters. The van der Waals surface area contributed by atoms with Gasteiger partial charge in [0.1, 0.15) is 0 Å². The van der Waals surface area contributed by atoms with E-state index in [1.54, 1.807) is 7.11 Å². The Kier molecular flexibility index (Phi) is 3.93. The van der Waals surface area contributed by atoms with Crippen LogP contribution in [0, 0.1) is 0 Å². The Bertz CT molecular complexity index is 210. The van der Waals surface area contributed by atoms with Gasteiger partial charge in [-0.1, -0.05) is 0 Å². The maximum absolute atomic E-state index is 5.04. The van der Waals surface area contributed by atoms with E-state index in [-0.39, 0.29) is 0 Å². The van der Waals surface area contributed by atoms with E-state index in [0.717, 1.165) is 10.2 Å². The molecule has 1 nitrogen and oxygen atoms in total. The predicted molar refractivity (Wildman–Crippen MR) is 49.5 cm³/mol. The molecule has 0 bridgehead atoms. The van der Waals surface area contributed by atoms with Crippen LogP contribution in [0.25, 0.3) is 0 Å². The second-order valence-corrected chi connectivity index (χ2v) is 3.45. The molecule has 1 aromatic carbocycles. The Morgan fingerprint density at radius 3 is 2.45 bits per heavy atom. The molecule has 0 aliphatic carbocycles. The fourth-order valence-corrected chi connectivity index (χ4v) is 1.50. The summed E-state index contributed by atoms with van der Waals surface area (Å²) in [5.74, 6) is 0.922. The van der Waals surface area contributed by atoms with Crippen LogP contribution in [-0.4, -0.2) is 29.3 Å². The van der Waals surface area contributed by atoms with Crippen molar-refractivity contribution in [2.45, 2.75) is 4.90 Å². The Labute approximate surface area is 80.7 Å². The number of thioether (sulfide) groups is 1. The molecule has 0 saturated heterocycles. The second-order valence-electron chi connectivity index (χ2n) is 2.11. The van der Waals surface area contributed by atoms with Crippen LogP contribution < -0.4 is 4.74 Å². The third-order valence-corrected chi connectivity index (χ3v) is 2.26. The second kappa shape index (κ2) is 4.77. The van der Waals surface area contributed by atoms with E-state index in [1.807, 2.05) is 23.9 Å². The van der Waals surface area contributed by atoms with Crippen LogP contribution in [0.4, 0.5) is 0 Å². The topological polar surface area (TPSA) is 9.23 Å². The number of hydrogen-bond donors (Lipinski definition) is 0. The zero-order chi connectivity index (χ0) is 8.10. The summed E-state index contributed by atoms with van der Waals surface area (Å²) in [5.41, 5.74) is 0. The summed E-state index contributed by atoms with van der Waals surface area (Å²) in [4.78, 5) is 1.30. The van der Waals surface area contributed by atoms with Crippen molar-refractivity contribution in [1.82, 2.24) is 0 Å². The first-order valence-electron chi connectivity index (χ1n) is 3.63. The number of ether oxygens (including phenoxy) is 1. The zero-order valence-electron chi connectivity index (χ0n) is 6.83. The first-order valence-corrected chi connectivity index (χ1v) is 4.62. The number of benzene rings is 1. The van der Waals surface area contributed by atoms with E-state index in [1.165, 1.54) is 4.90 Å². The van der Waals surface area contributed by atoms with Crippen LogP contribution >= 0.6 is 11.8 Å². The van der Waals surface area contributed by atoms with E-state index < -0.39 is 0 Å². The molecule has 0 aliphatic heterocycles. The van der Waals surface area contributed by atoms with Gasteiger partial charge in [-0.3, -0.25) is 0 Å².